The lowest BCUT2D eigenvalue weighted by Crippen LogP contribution is -2.24. The number of amides is 1. The third kappa shape index (κ3) is 4.10. The zero-order chi connectivity index (χ0) is 16.4. The Kier molecular flexibility index (Phi) is 4.49. The number of ether oxygens (including phenoxy) is 1. The van der Waals surface area contributed by atoms with Crippen molar-refractivity contribution in [1.29, 1.82) is 0 Å². The molecule has 1 aromatic heterocycles. The second kappa shape index (κ2) is 5.61. The molecular formula is C9H8F6N4O2. The second-order valence-corrected chi connectivity index (χ2v) is 3.50. The van der Waals surface area contributed by atoms with Gasteiger partial charge in [-0.25, -0.2) is 14.8 Å². The summed E-state index contributed by atoms with van der Waals surface area (Å²) < 4.78 is 79.6. The van der Waals surface area contributed by atoms with Crippen LogP contribution in [0.4, 0.5) is 42.8 Å². The summed E-state index contributed by atoms with van der Waals surface area (Å²) in [6.07, 6.45) is -12.1. The summed E-state index contributed by atoms with van der Waals surface area (Å²) in [7, 11) is 0. The summed E-state index contributed by atoms with van der Waals surface area (Å²) in [5, 5.41) is 1.68. The number of carbonyl (C=O) groups is 1. The Morgan fingerprint density at radius 2 is 1.62 bits per heavy atom. The highest BCUT2D eigenvalue weighted by Gasteiger charge is 2.47. The zero-order valence-corrected chi connectivity index (χ0v) is 10.3. The number of carbonyl (C=O) groups excluding carboxylic acids is 1. The van der Waals surface area contributed by atoms with E-state index in [0.717, 1.165) is 0 Å². The van der Waals surface area contributed by atoms with E-state index in [-0.39, 0.29) is 6.61 Å². The quantitative estimate of drug-likeness (QED) is 0.818. The number of nitrogens with two attached hydrogens (primary N) is 1. The van der Waals surface area contributed by atoms with E-state index in [1.807, 2.05) is 0 Å². The minimum absolute atomic E-state index is 0.119. The van der Waals surface area contributed by atoms with Crippen LogP contribution in [0.15, 0.2) is 0 Å². The van der Waals surface area contributed by atoms with Crippen LogP contribution >= 0.6 is 0 Å². The van der Waals surface area contributed by atoms with Gasteiger partial charge in [-0.1, -0.05) is 0 Å². The van der Waals surface area contributed by atoms with E-state index in [0.29, 0.717) is 0 Å². The third-order valence-electron chi connectivity index (χ3n) is 1.96. The van der Waals surface area contributed by atoms with Crippen LogP contribution in [-0.2, 0) is 17.1 Å². The van der Waals surface area contributed by atoms with Gasteiger partial charge in [0.1, 0.15) is 0 Å². The van der Waals surface area contributed by atoms with E-state index < -0.39 is 41.5 Å². The monoisotopic (exact) mass is 318 g/mol. The van der Waals surface area contributed by atoms with Crippen molar-refractivity contribution in [3.63, 3.8) is 0 Å². The van der Waals surface area contributed by atoms with Gasteiger partial charge in [0.2, 0.25) is 0 Å². The van der Waals surface area contributed by atoms with Gasteiger partial charge >= 0.3 is 18.4 Å². The van der Waals surface area contributed by atoms with Crippen molar-refractivity contribution in [3.05, 3.63) is 11.4 Å². The lowest BCUT2D eigenvalue weighted by atomic mass is 10.2. The zero-order valence-electron chi connectivity index (χ0n) is 10.3. The molecule has 1 rings (SSSR count). The molecule has 0 aromatic carbocycles. The molecule has 0 bridgehead atoms. The van der Waals surface area contributed by atoms with Crippen molar-refractivity contribution < 1.29 is 35.9 Å². The van der Waals surface area contributed by atoms with Crippen LogP contribution in [0.1, 0.15) is 18.3 Å². The Hall–Kier alpha value is -2.27. The molecule has 6 nitrogen and oxygen atoms in total. The molecule has 118 valence electrons. The summed E-state index contributed by atoms with van der Waals surface area (Å²) in [4.78, 5) is 16.4. The number of nitrogens with one attached hydrogen (secondary N) is 1. The number of rotatable bonds is 2. The molecule has 0 aliphatic carbocycles. The van der Waals surface area contributed by atoms with Crippen LogP contribution in [0.3, 0.4) is 0 Å². The molecule has 1 aromatic rings. The highest BCUT2D eigenvalue weighted by molar-refractivity contribution is 5.86. The molecule has 0 radical (unpaired) electrons. The first kappa shape index (κ1) is 16.8. The summed E-state index contributed by atoms with van der Waals surface area (Å²) >= 11 is 0. The maximum atomic E-state index is 12.6. The van der Waals surface area contributed by atoms with Crippen LogP contribution in [0.5, 0.6) is 0 Å². The van der Waals surface area contributed by atoms with Gasteiger partial charge in [-0.2, -0.15) is 26.3 Å². The molecule has 21 heavy (non-hydrogen) atoms. The van der Waals surface area contributed by atoms with Gasteiger partial charge in [-0.3, -0.25) is 5.32 Å². The van der Waals surface area contributed by atoms with Crippen molar-refractivity contribution in [2.45, 2.75) is 19.3 Å². The number of nitrogens with zero attached hydrogens (tertiary/aromatic N) is 2. The van der Waals surface area contributed by atoms with Crippen molar-refractivity contribution >= 4 is 17.7 Å². The summed E-state index contributed by atoms with van der Waals surface area (Å²) in [5.74, 6) is -2.00. The first-order valence-corrected chi connectivity index (χ1v) is 5.22. The molecule has 0 fully saturated rings. The Morgan fingerprint density at radius 3 is 2.05 bits per heavy atom. The highest BCUT2D eigenvalue weighted by atomic mass is 19.4. The van der Waals surface area contributed by atoms with E-state index in [2.05, 4.69) is 14.7 Å². The van der Waals surface area contributed by atoms with Crippen molar-refractivity contribution in [2.75, 3.05) is 17.7 Å². The molecule has 0 saturated heterocycles. The standard InChI is InChI=1S/C9H8F6N4O2/c1-2-21-7(20)19-6-5(16)17-3(8(10,11)12)4(18-6)9(13,14)15/h2H2,1H3,(H2,16,17)(H,18,19,20). The lowest BCUT2D eigenvalue weighted by Gasteiger charge is -2.16. The van der Waals surface area contributed by atoms with Gasteiger partial charge in [-0.15, -0.1) is 0 Å². The normalized spacial score (nSPS) is 12.1. The van der Waals surface area contributed by atoms with E-state index in [4.69, 9.17) is 5.73 Å². The third-order valence-corrected chi connectivity index (χ3v) is 1.96. The van der Waals surface area contributed by atoms with Crippen molar-refractivity contribution in [2.24, 2.45) is 0 Å². The van der Waals surface area contributed by atoms with Gasteiger partial charge in [0.15, 0.2) is 23.0 Å². The summed E-state index contributed by atoms with van der Waals surface area (Å²) in [6.45, 7) is 1.29. The van der Waals surface area contributed by atoms with E-state index in [1.54, 1.807) is 5.32 Å². The average molecular weight is 318 g/mol. The number of hydrogen-bond donors (Lipinski definition) is 2. The summed E-state index contributed by atoms with van der Waals surface area (Å²) in [6, 6.07) is 0. The Morgan fingerprint density at radius 1 is 1.14 bits per heavy atom. The Bertz CT molecular complexity index is 542. The SMILES string of the molecule is CCOC(=O)Nc1nc(C(F)(F)F)c(C(F)(F)F)nc1N. The van der Waals surface area contributed by atoms with Crippen molar-refractivity contribution in [3.8, 4) is 0 Å². The van der Waals surface area contributed by atoms with Crippen molar-refractivity contribution in [1.82, 2.24) is 9.97 Å². The topological polar surface area (TPSA) is 90.1 Å². The number of nitrogen functional groups attached to an aromatic ring is 1. The van der Waals surface area contributed by atoms with Crippen LogP contribution in [0.25, 0.3) is 0 Å². The molecule has 0 spiro atoms. The molecule has 0 aliphatic heterocycles. The van der Waals surface area contributed by atoms with Crippen LogP contribution < -0.4 is 11.1 Å². The van der Waals surface area contributed by atoms with Crippen LogP contribution in [0.2, 0.25) is 0 Å². The van der Waals surface area contributed by atoms with Gasteiger partial charge in [0.05, 0.1) is 6.61 Å². The molecule has 1 amide bonds. The first-order valence-electron chi connectivity index (χ1n) is 5.22. The second-order valence-electron chi connectivity index (χ2n) is 3.50. The molecule has 12 heteroatoms. The van der Waals surface area contributed by atoms with Gasteiger partial charge in [0, 0.05) is 0 Å². The first-order chi connectivity index (χ1) is 9.46. The maximum absolute atomic E-state index is 12.6. The number of aromatic nitrogens is 2. The molecule has 0 unspecified atom stereocenters. The van der Waals surface area contributed by atoms with Gasteiger partial charge in [0.25, 0.3) is 0 Å². The summed E-state index contributed by atoms with van der Waals surface area (Å²) in [5.41, 5.74) is 0.464. The fourth-order valence-corrected chi connectivity index (χ4v) is 1.20. The molecule has 0 aliphatic rings. The number of anilines is 2. The number of halogens is 6. The Labute approximate surface area is 113 Å². The van der Waals surface area contributed by atoms with E-state index in [9.17, 15) is 31.1 Å². The molecule has 1 heterocycles. The predicted octanol–water partition coefficient (Wildman–Crippen LogP) is 2.66. The fraction of sp³-hybridized carbons (Fsp3) is 0.444. The lowest BCUT2D eigenvalue weighted by molar-refractivity contribution is -0.167. The van der Waals surface area contributed by atoms with Gasteiger partial charge < -0.3 is 10.5 Å². The highest BCUT2D eigenvalue weighted by Crippen LogP contribution is 2.39. The Balaban J connectivity index is 3.35. The largest absolute Gasteiger partial charge is 0.450 e. The number of hydrogen-bond acceptors (Lipinski definition) is 5. The fourth-order valence-electron chi connectivity index (χ4n) is 1.20. The van der Waals surface area contributed by atoms with Gasteiger partial charge in [-0.05, 0) is 6.92 Å². The van der Waals surface area contributed by atoms with Crippen LogP contribution in [0, 0.1) is 0 Å². The maximum Gasteiger partial charge on any atom is 0.435 e. The predicted molar refractivity (Wildman–Crippen MR) is 57.1 cm³/mol. The molecule has 0 saturated carbocycles. The molecule has 0 atom stereocenters. The number of alkyl halides is 6. The minimum Gasteiger partial charge on any atom is -0.450 e. The molecular weight excluding hydrogens is 310 g/mol. The van der Waals surface area contributed by atoms with E-state index in [1.165, 1.54) is 6.92 Å². The van der Waals surface area contributed by atoms with Crippen LogP contribution in [-0.4, -0.2) is 22.7 Å². The smallest absolute Gasteiger partial charge is 0.435 e. The van der Waals surface area contributed by atoms with E-state index >= 15 is 0 Å². The average Bonchev–Trinajstić information content (AvgIpc) is 2.28. The minimum atomic E-state index is -5.43. The molecule has 3 N–H and O–H groups in total.